The maximum atomic E-state index is 12.9. The zero-order valence-electron chi connectivity index (χ0n) is 14.9. The van der Waals surface area contributed by atoms with Crippen LogP contribution in [0.2, 0.25) is 0 Å². The lowest BCUT2D eigenvalue weighted by Gasteiger charge is -2.22. The van der Waals surface area contributed by atoms with Crippen molar-refractivity contribution in [1.29, 1.82) is 0 Å². The first-order valence-electron chi connectivity index (χ1n) is 8.76. The van der Waals surface area contributed by atoms with E-state index in [0.29, 0.717) is 16.9 Å². The minimum absolute atomic E-state index is 0.339. The first kappa shape index (κ1) is 17.5. The highest BCUT2D eigenvalue weighted by Crippen LogP contribution is 2.25. The molecule has 1 amide bonds. The Labute approximate surface area is 161 Å². The Morgan fingerprint density at radius 3 is 2.18 bits per heavy atom. The third kappa shape index (κ3) is 3.61. The van der Waals surface area contributed by atoms with Gasteiger partial charge in [-0.3, -0.25) is 9.69 Å². The number of carbonyl (C=O) groups excluding carboxylic acids is 2. The van der Waals surface area contributed by atoms with Crippen molar-refractivity contribution in [2.24, 2.45) is 0 Å². The molecule has 138 valence electrons. The molecule has 6 heteroatoms. The number of esters is 1. The summed E-state index contributed by atoms with van der Waals surface area (Å²) in [5.41, 5.74) is 3.25. The van der Waals surface area contributed by atoms with Crippen molar-refractivity contribution in [2.75, 3.05) is 11.5 Å². The first-order valence-corrected chi connectivity index (χ1v) is 8.76. The van der Waals surface area contributed by atoms with E-state index in [9.17, 15) is 9.59 Å². The van der Waals surface area contributed by atoms with Gasteiger partial charge in [0, 0.05) is 11.4 Å². The second kappa shape index (κ2) is 7.75. The van der Waals surface area contributed by atoms with E-state index in [0.717, 1.165) is 11.0 Å². The average molecular weight is 371 g/mol. The number of amides is 1. The molecule has 0 atom stereocenters. The smallest absolute Gasteiger partial charge is 0.338 e. The van der Waals surface area contributed by atoms with Crippen LogP contribution in [0.3, 0.4) is 0 Å². The van der Waals surface area contributed by atoms with Gasteiger partial charge in [0.25, 0.3) is 5.91 Å². The van der Waals surface area contributed by atoms with Crippen LogP contribution in [-0.2, 0) is 9.53 Å². The minimum Gasteiger partial charge on any atom is -0.452 e. The summed E-state index contributed by atoms with van der Waals surface area (Å²) in [6, 6.07) is 23.5. The van der Waals surface area contributed by atoms with E-state index in [-0.39, 0.29) is 12.5 Å². The molecule has 3 aromatic carbocycles. The standard InChI is InChI=1S/C22H17N3O3/c26-21(14-28-22(27)16-11-12-19-20(13-16)24-15-23-19)25(17-7-3-1-4-8-17)18-9-5-2-6-10-18/h1-13,15H,14H2,(H,23,24). The van der Waals surface area contributed by atoms with Gasteiger partial charge >= 0.3 is 5.97 Å². The van der Waals surface area contributed by atoms with Crippen molar-refractivity contribution in [1.82, 2.24) is 9.97 Å². The number of fused-ring (bicyclic) bond motifs is 1. The Hall–Kier alpha value is -3.93. The van der Waals surface area contributed by atoms with E-state index in [4.69, 9.17) is 4.74 Å². The summed E-state index contributed by atoms with van der Waals surface area (Å²) < 4.78 is 5.27. The Bertz CT molecular complexity index is 1070. The van der Waals surface area contributed by atoms with Gasteiger partial charge in [-0.15, -0.1) is 0 Å². The van der Waals surface area contributed by atoms with Crippen molar-refractivity contribution >= 4 is 34.3 Å². The molecule has 0 unspecified atom stereocenters. The molecule has 0 saturated heterocycles. The highest BCUT2D eigenvalue weighted by molar-refractivity contribution is 6.02. The summed E-state index contributed by atoms with van der Waals surface area (Å²) in [4.78, 5) is 33.9. The number of nitrogens with one attached hydrogen (secondary N) is 1. The quantitative estimate of drug-likeness (QED) is 0.536. The molecular formula is C22H17N3O3. The summed E-state index contributed by atoms with van der Waals surface area (Å²) in [6.07, 6.45) is 1.56. The van der Waals surface area contributed by atoms with Gasteiger partial charge in [-0.2, -0.15) is 0 Å². The molecule has 1 N–H and O–H groups in total. The SMILES string of the molecule is O=C(OCC(=O)N(c1ccccc1)c1ccccc1)c1ccc2nc[nH]c2c1. The largest absolute Gasteiger partial charge is 0.452 e. The fraction of sp³-hybridized carbons (Fsp3) is 0.0455. The second-order valence-corrected chi connectivity index (χ2v) is 6.11. The number of H-pyrrole nitrogens is 1. The molecule has 0 radical (unpaired) electrons. The maximum absolute atomic E-state index is 12.9. The summed E-state index contributed by atoms with van der Waals surface area (Å²) in [5.74, 6) is -0.903. The van der Waals surface area contributed by atoms with Crippen molar-refractivity contribution in [3.63, 3.8) is 0 Å². The lowest BCUT2D eigenvalue weighted by atomic mass is 10.2. The van der Waals surface area contributed by atoms with Crippen LogP contribution in [0, 0.1) is 0 Å². The number of benzene rings is 3. The fourth-order valence-corrected chi connectivity index (χ4v) is 2.93. The molecule has 1 heterocycles. The van der Waals surface area contributed by atoms with Gasteiger partial charge in [-0.05, 0) is 42.5 Å². The summed E-state index contributed by atoms with van der Waals surface area (Å²) in [6.45, 7) is -0.371. The Kier molecular flexibility index (Phi) is 4.84. The molecule has 6 nitrogen and oxygen atoms in total. The summed E-state index contributed by atoms with van der Waals surface area (Å²) in [5, 5.41) is 0. The molecule has 4 rings (SSSR count). The van der Waals surface area contributed by atoms with E-state index in [2.05, 4.69) is 9.97 Å². The third-order valence-corrected chi connectivity index (χ3v) is 4.26. The third-order valence-electron chi connectivity index (χ3n) is 4.26. The molecule has 0 fully saturated rings. The molecule has 28 heavy (non-hydrogen) atoms. The topological polar surface area (TPSA) is 75.3 Å². The number of hydrogen-bond donors (Lipinski definition) is 1. The van der Waals surface area contributed by atoms with E-state index in [1.165, 1.54) is 4.90 Å². The number of carbonyl (C=O) groups is 2. The van der Waals surface area contributed by atoms with Gasteiger partial charge in [-0.25, -0.2) is 9.78 Å². The van der Waals surface area contributed by atoms with Crippen molar-refractivity contribution in [3.8, 4) is 0 Å². The van der Waals surface area contributed by atoms with Crippen molar-refractivity contribution < 1.29 is 14.3 Å². The van der Waals surface area contributed by atoms with Gasteiger partial charge in [0.1, 0.15) is 0 Å². The number of rotatable bonds is 5. The Morgan fingerprint density at radius 1 is 0.893 bits per heavy atom. The van der Waals surface area contributed by atoms with Crippen LogP contribution in [0.4, 0.5) is 11.4 Å². The average Bonchev–Trinajstić information content (AvgIpc) is 3.22. The zero-order chi connectivity index (χ0) is 19.3. The lowest BCUT2D eigenvalue weighted by Crippen LogP contribution is -2.30. The predicted octanol–water partition coefficient (Wildman–Crippen LogP) is 4.08. The molecule has 0 spiro atoms. The molecule has 0 aliphatic rings. The normalized spacial score (nSPS) is 10.6. The molecular weight excluding hydrogens is 354 g/mol. The van der Waals surface area contributed by atoms with Gasteiger partial charge < -0.3 is 9.72 Å². The molecule has 0 saturated carbocycles. The van der Waals surface area contributed by atoms with Crippen LogP contribution in [0.1, 0.15) is 10.4 Å². The van der Waals surface area contributed by atoms with Gasteiger partial charge in [0.05, 0.1) is 22.9 Å². The van der Waals surface area contributed by atoms with Crippen LogP contribution >= 0.6 is 0 Å². The number of para-hydroxylation sites is 2. The number of nitrogens with zero attached hydrogens (tertiary/aromatic N) is 2. The lowest BCUT2D eigenvalue weighted by molar-refractivity contribution is -0.120. The van der Waals surface area contributed by atoms with E-state index >= 15 is 0 Å². The molecule has 0 aliphatic carbocycles. The van der Waals surface area contributed by atoms with Crippen LogP contribution in [-0.4, -0.2) is 28.5 Å². The van der Waals surface area contributed by atoms with Crippen LogP contribution in [0.15, 0.2) is 85.2 Å². The number of anilines is 2. The number of hydrogen-bond acceptors (Lipinski definition) is 4. The molecule has 0 bridgehead atoms. The molecule has 4 aromatic rings. The predicted molar refractivity (Wildman–Crippen MR) is 106 cm³/mol. The maximum Gasteiger partial charge on any atom is 0.338 e. The summed E-state index contributed by atoms with van der Waals surface area (Å²) >= 11 is 0. The highest BCUT2D eigenvalue weighted by Gasteiger charge is 2.20. The van der Waals surface area contributed by atoms with E-state index < -0.39 is 5.97 Å². The zero-order valence-corrected chi connectivity index (χ0v) is 14.9. The Balaban J connectivity index is 1.52. The Morgan fingerprint density at radius 2 is 1.54 bits per heavy atom. The van der Waals surface area contributed by atoms with Gasteiger partial charge in [0.15, 0.2) is 6.61 Å². The number of imidazole rings is 1. The number of aromatic nitrogens is 2. The monoisotopic (exact) mass is 371 g/mol. The van der Waals surface area contributed by atoms with Crippen molar-refractivity contribution in [2.45, 2.75) is 0 Å². The van der Waals surface area contributed by atoms with E-state index in [1.54, 1.807) is 24.5 Å². The molecule has 1 aromatic heterocycles. The van der Waals surface area contributed by atoms with Gasteiger partial charge in [-0.1, -0.05) is 36.4 Å². The minimum atomic E-state index is -0.564. The van der Waals surface area contributed by atoms with Crippen molar-refractivity contribution in [3.05, 3.63) is 90.8 Å². The van der Waals surface area contributed by atoms with E-state index in [1.807, 2.05) is 60.7 Å². The number of ether oxygens (including phenoxy) is 1. The highest BCUT2D eigenvalue weighted by atomic mass is 16.5. The van der Waals surface area contributed by atoms with Crippen LogP contribution < -0.4 is 4.90 Å². The fourth-order valence-electron chi connectivity index (χ4n) is 2.93. The summed E-state index contributed by atoms with van der Waals surface area (Å²) in [7, 11) is 0. The van der Waals surface area contributed by atoms with Crippen LogP contribution in [0.5, 0.6) is 0 Å². The van der Waals surface area contributed by atoms with Crippen LogP contribution in [0.25, 0.3) is 11.0 Å². The number of aromatic amines is 1. The second-order valence-electron chi connectivity index (χ2n) is 6.11. The first-order chi connectivity index (χ1) is 13.7. The molecule has 0 aliphatic heterocycles. The van der Waals surface area contributed by atoms with Gasteiger partial charge in [0.2, 0.25) is 0 Å².